The van der Waals surface area contributed by atoms with Gasteiger partial charge in [0.15, 0.2) is 0 Å². The average molecular weight is 715 g/mol. The van der Waals surface area contributed by atoms with Crippen LogP contribution in [0.15, 0.2) is 48.5 Å². The van der Waals surface area contributed by atoms with Gasteiger partial charge < -0.3 is 39.6 Å². The number of hydrogen-bond acceptors (Lipinski definition) is 8. The normalized spacial score (nSPS) is 27.4. The largest absolute Gasteiger partial charge is 0.481 e. The van der Waals surface area contributed by atoms with Crippen LogP contribution in [0.4, 0.5) is 9.59 Å². The SMILES string of the molecule is CC(C)(C)OC(=O)NCC(NC(=O)OCC1c2ccccc2-c2ccccc21)C(=O)NCC(=O)N1CCCC1B1OC2C[C@@H]3CC(C2(C)O1)C3(C)C. The molecule has 5 fully saturated rings. The molecule has 3 N–H and O–H groups in total. The average Bonchev–Trinajstić information content (AvgIpc) is 3.81. The van der Waals surface area contributed by atoms with Crippen LogP contribution in [0, 0.1) is 17.3 Å². The molecule has 4 aliphatic carbocycles. The van der Waals surface area contributed by atoms with Crippen molar-refractivity contribution in [1.29, 1.82) is 0 Å². The summed E-state index contributed by atoms with van der Waals surface area (Å²) in [6.45, 7) is 12.0. The molecule has 0 aromatic heterocycles. The topological polar surface area (TPSA) is 145 Å². The molecule has 2 aromatic carbocycles. The Morgan fingerprint density at radius 3 is 2.29 bits per heavy atom. The lowest BCUT2D eigenvalue weighted by molar-refractivity contribution is -0.199. The van der Waals surface area contributed by atoms with Crippen LogP contribution in [0.3, 0.4) is 0 Å². The maximum atomic E-state index is 13.6. The van der Waals surface area contributed by atoms with E-state index in [9.17, 15) is 19.2 Å². The highest BCUT2D eigenvalue weighted by molar-refractivity contribution is 6.48. The highest BCUT2D eigenvalue weighted by Gasteiger charge is 2.69. The van der Waals surface area contributed by atoms with Gasteiger partial charge in [-0.1, -0.05) is 62.4 Å². The van der Waals surface area contributed by atoms with Gasteiger partial charge in [0.2, 0.25) is 11.8 Å². The molecule has 13 heteroatoms. The molecule has 6 aliphatic rings. The van der Waals surface area contributed by atoms with Crippen molar-refractivity contribution in [2.24, 2.45) is 17.3 Å². The number of fused-ring (bicyclic) bond motifs is 3. The molecule has 6 atom stereocenters. The van der Waals surface area contributed by atoms with E-state index in [1.165, 1.54) is 0 Å². The van der Waals surface area contributed by atoms with Crippen LogP contribution in [-0.4, -0.2) is 91.5 Å². The van der Waals surface area contributed by atoms with E-state index >= 15 is 0 Å². The Morgan fingerprint density at radius 2 is 1.63 bits per heavy atom. The first-order chi connectivity index (χ1) is 24.7. The second-order valence-electron chi connectivity index (χ2n) is 16.8. The van der Waals surface area contributed by atoms with Crippen LogP contribution >= 0.6 is 0 Å². The van der Waals surface area contributed by atoms with E-state index < -0.39 is 36.9 Å². The second kappa shape index (κ2) is 13.7. The smallest absolute Gasteiger partial charge is 0.449 e. The summed E-state index contributed by atoms with van der Waals surface area (Å²) < 4.78 is 24.2. The van der Waals surface area contributed by atoms with Gasteiger partial charge in [0.25, 0.3) is 0 Å². The van der Waals surface area contributed by atoms with Crippen molar-refractivity contribution in [1.82, 2.24) is 20.9 Å². The van der Waals surface area contributed by atoms with E-state index in [1.54, 1.807) is 25.7 Å². The van der Waals surface area contributed by atoms with Gasteiger partial charge in [-0.2, -0.15) is 0 Å². The molecule has 2 aromatic rings. The number of likely N-dealkylation sites (tertiary alicyclic amines) is 1. The predicted molar refractivity (Wildman–Crippen MR) is 194 cm³/mol. The van der Waals surface area contributed by atoms with Gasteiger partial charge in [-0.05, 0) is 92.9 Å². The zero-order chi connectivity index (χ0) is 37.0. The van der Waals surface area contributed by atoms with Crippen molar-refractivity contribution in [3.8, 4) is 11.1 Å². The number of carbonyl (C=O) groups excluding carboxylic acids is 4. The lowest BCUT2D eigenvalue weighted by Gasteiger charge is -2.64. The lowest BCUT2D eigenvalue weighted by Crippen LogP contribution is -2.65. The number of rotatable bonds is 9. The molecule has 5 unspecified atom stereocenters. The zero-order valence-corrected chi connectivity index (χ0v) is 31.0. The first kappa shape index (κ1) is 36.3. The Morgan fingerprint density at radius 1 is 0.962 bits per heavy atom. The fourth-order valence-corrected chi connectivity index (χ4v) is 9.33. The minimum absolute atomic E-state index is 0.00810. The Bertz CT molecular complexity index is 1680. The summed E-state index contributed by atoms with van der Waals surface area (Å²) in [6.07, 6.45) is 2.09. The Hall–Kier alpha value is -4.10. The quantitative estimate of drug-likeness (QED) is 0.315. The molecule has 12 nitrogen and oxygen atoms in total. The van der Waals surface area contributed by atoms with Crippen LogP contribution < -0.4 is 16.0 Å². The number of alkyl carbamates (subject to hydrolysis) is 2. The number of ether oxygens (including phenoxy) is 2. The van der Waals surface area contributed by atoms with E-state index in [-0.39, 0.29) is 54.6 Å². The van der Waals surface area contributed by atoms with E-state index in [1.807, 2.05) is 48.5 Å². The van der Waals surface area contributed by atoms with E-state index in [0.29, 0.717) is 18.4 Å². The predicted octanol–water partition coefficient (Wildman–Crippen LogP) is 4.79. The minimum Gasteiger partial charge on any atom is -0.449 e. The number of carbonyl (C=O) groups is 4. The van der Waals surface area contributed by atoms with Crippen molar-refractivity contribution >= 4 is 31.1 Å². The molecule has 2 saturated heterocycles. The first-order valence-corrected chi connectivity index (χ1v) is 18.6. The molecule has 52 heavy (non-hydrogen) atoms. The number of nitrogens with zero attached hydrogens (tertiary/aromatic N) is 1. The molecular formula is C39H51BN4O8. The summed E-state index contributed by atoms with van der Waals surface area (Å²) in [5.41, 5.74) is 3.36. The third kappa shape index (κ3) is 6.77. The Balaban J connectivity index is 0.969. The van der Waals surface area contributed by atoms with Gasteiger partial charge in [0.1, 0.15) is 18.2 Å². The van der Waals surface area contributed by atoms with Crippen LogP contribution in [0.5, 0.6) is 0 Å². The van der Waals surface area contributed by atoms with Gasteiger partial charge in [-0.3, -0.25) is 9.59 Å². The molecule has 2 heterocycles. The Labute approximate surface area is 306 Å². The molecule has 4 amide bonds. The maximum Gasteiger partial charge on any atom is 0.481 e. The summed E-state index contributed by atoms with van der Waals surface area (Å²) in [4.78, 5) is 54.6. The van der Waals surface area contributed by atoms with E-state index in [4.69, 9.17) is 18.8 Å². The molecule has 8 rings (SSSR count). The van der Waals surface area contributed by atoms with Gasteiger partial charge in [0, 0.05) is 12.5 Å². The van der Waals surface area contributed by atoms with Crippen molar-refractivity contribution < 1.29 is 38.0 Å². The molecule has 2 aliphatic heterocycles. The van der Waals surface area contributed by atoms with E-state index in [2.05, 4.69) is 36.7 Å². The number of benzene rings is 2. The molecular weight excluding hydrogens is 663 g/mol. The van der Waals surface area contributed by atoms with Crippen molar-refractivity contribution in [2.45, 2.75) is 102 Å². The van der Waals surface area contributed by atoms with Crippen LogP contribution in [-0.2, 0) is 28.4 Å². The van der Waals surface area contributed by atoms with Crippen molar-refractivity contribution in [3.05, 3.63) is 59.7 Å². The molecule has 0 radical (unpaired) electrons. The third-order valence-electron chi connectivity index (χ3n) is 12.1. The minimum atomic E-state index is -1.25. The van der Waals surface area contributed by atoms with Gasteiger partial charge in [0.05, 0.1) is 30.7 Å². The zero-order valence-electron chi connectivity index (χ0n) is 31.0. The number of nitrogens with one attached hydrogen (secondary N) is 3. The molecule has 3 saturated carbocycles. The second-order valence-corrected chi connectivity index (χ2v) is 16.8. The van der Waals surface area contributed by atoms with Crippen LogP contribution in [0.2, 0.25) is 0 Å². The van der Waals surface area contributed by atoms with Crippen molar-refractivity contribution in [2.75, 3.05) is 26.2 Å². The first-order valence-electron chi connectivity index (χ1n) is 18.6. The fourth-order valence-electron chi connectivity index (χ4n) is 9.33. The van der Waals surface area contributed by atoms with Gasteiger partial charge in [-0.15, -0.1) is 0 Å². The summed E-state index contributed by atoms with van der Waals surface area (Å²) >= 11 is 0. The fraction of sp³-hybridized carbons (Fsp3) is 0.590. The summed E-state index contributed by atoms with van der Waals surface area (Å²) in [7, 11) is -0.520. The standard InChI is InChI=1S/C39H51BN4O8/c1-37(2,3)50-35(47)42-20-29(43-36(48)49-22-28-26-14-9-7-12-24(26)25-13-8-10-15-27(25)28)34(46)41-21-33(45)44-17-11-16-32(44)40-51-31-19-23-18-30(38(23,4)5)39(31,6)52-40/h7-10,12-15,23,28-32H,11,16-22H2,1-6H3,(H,41,46)(H,42,47)(H,43,48)/t23-,29?,30?,31?,32?,39?/m0/s1. The highest BCUT2D eigenvalue weighted by Crippen LogP contribution is 2.66. The number of amides is 4. The monoisotopic (exact) mass is 714 g/mol. The lowest BCUT2D eigenvalue weighted by atomic mass is 9.43. The summed E-state index contributed by atoms with van der Waals surface area (Å²) in [6, 6.07) is 14.8. The van der Waals surface area contributed by atoms with Crippen LogP contribution in [0.25, 0.3) is 11.1 Å². The number of hydrogen-bond donors (Lipinski definition) is 3. The molecule has 0 spiro atoms. The van der Waals surface area contributed by atoms with Gasteiger partial charge >= 0.3 is 19.3 Å². The highest BCUT2D eigenvalue weighted by atomic mass is 16.7. The van der Waals surface area contributed by atoms with Crippen molar-refractivity contribution in [3.63, 3.8) is 0 Å². The molecule has 2 bridgehead atoms. The maximum absolute atomic E-state index is 13.6. The Kier molecular flexibility index (Phi) is 9.56. The third-order valence-corrected chi connectivity index (χ3v) is 12.1. The van der Waals surface area contributed by atoms with Crippen LogP contribution in [0.1, 0.15) is 84.3 Å². The van der Waals surface area contributed by atoms with E-state index in [0.717, 1.165) is 47.9 Å². The molecule has 278 valence electrons. The summed E-state index contributed by atoms with van der Waals surface area (Å²) in [5.74, 6) is -0.318. The summed E-state index contributed by atoms with van der Waals surface area (Å²) in [5, 5.41) is 7.83. The van der Waals surface area contributed by atoms with Gasteiger partial charge in [-0.25, -0.2) is 9.59 Å².